The summed E-state index contributed by atoms with van der Waals surface area (Å²) in [5.41, 5.74) is 3.03. The molecule has 0 amide bonds. The van der Waals surface area contributed by atoms with E-state index in [4.69, 9.17) is 4.74 Å². The van der Waals surface area contributed by atoms with Gasteiger partial charge in [-0.15, -0.1) is 0 Å². The highest BCUT2D eigenvalue weighted by atomic mass is 19.4. The second kappa shape index (κ2) is 11.0. The molecule has 0 spiro atoms. The summed E-state index contributed by atoms with van der Waals surface area (Å²) in [6, 6.07) is 11.1. The molecule has 0 radical (unpaired) electrons. The molecule has 198 valence electrons. The molecule has 1 fully saturated rings. The maximum atomic E-state index is 13.6. The first-order valence-electron chi connectivity index (χ1n) is 12.0. The first-order chi connectivity index (χ1) is 17.6. The van der Waals surface area contributed by atoms with Crippen LogP contribution in [-0.4, -0.2) is 43.0 Å². The van der Waals surface area contributed by atoms with E-state index in [1.54, 1.807) is 30.9 Å². The molecule has 2 aromatic carbocycles. The van der Waals surface area contributed by atoms with Gasteiger partial charge in [-0.25, -0.2) is 0 Å². The van der Waals surface area contributed by atoms with Crippen molar-refractivity contribution < 1.29 is 23.0 Å². The van der Waals surface area contributed by atoms with E-state index in [1.165, 1.54) is 12.1 Å². The number of alkyl halides is 3. The van der Waals surface area contributed by atoms with Crippen molar-refractivity contribution in [2.24, 2.45) is 7.05 Å². The number of anilines is 2. The number of rotatable bonds is 7. The number of hydrogen-bond donors (Lipinski definition) is 3. The van der Waals surface area contributed by atoms with Crippen molar-refractivity contribution in [2.45, 2.75) is 25.9 Å². The smallest absolute Gasteiger partial charge is 0.378 e. The number of aliphatic hydroxyl groups excluding tert-OH is 1. The molecule has 3 aromatic rings. The first kappa shape index (κ1) is 26.7. The first-order valence-corrected chi connectivity index (χ1v) is 12.0. The van der Waals surface area contributed by atoms with Gasteiger partial charge in [-0.1, -0.05) is 18.2 Å². The zero-order valence-corrected chi connectivity index (χ0v) is 21.0. The van der Waals surface area contributed by atoms with E-state index >= 15 is 0 Å². The summed E-state index contributed by atoms with van der Waals surface area (Å²) in [5, 5.41) is 16.4. The monoisotopic (exact) mass is 516 g/mol. The number of halogens is 3. The minimum atomic E-state index is -4.54. The fourth-order valence-electron chi connectivity index (χ4n) is 4.51. The van der Waals surface area contributed by atoms with Crippen LogP contribution in [0.25, 0.3) is 11.1 Å². The highest BCUT2D eigenvalue weighted by Crippen LogP contribution is 2.35. The Morgan fingerprint density at radius 1 is 1.11 bits per heavy atom. The number of aryl methyl sites for hydroxylation is 2. The number of aliphatic hydroxyl groups is 1. The number of morpholine rings is 1. The summed E-state index contributed by atoms with van der Waals surface area (Å²) in [5.74, 6) is 0. The lowest BCUT2D eigenvalue weighted by Gasteiger charge is -2.29. The fourth-order valence-corrected chi connectivity index (χ4v) is 4.51. The van der Waals surface area contributed by atoms with E-state index in [2.05, 4.69) is 10.6 Å². The van der Waals surface area contributed by atoms with Crippen molar-refractivity contribution in [3.63, 3.8) is 0 Å². The number of nitrogens with one attached hydrogen (secondary N) is 2. The number of nitrogens with zero attached hydrogens (tertiary/aromatic N) is 2. The molecular weight excluding hydrogens is 485 g/mol. The molecule has 0 aliphatic carbocycles. The van der Waals surface area contributed by atoms with Gasteiger partial charge in [-0.05, 0) is 54.9 Å². The molecule has 1 aliphatic rings. The van der Waals surface area contributed by atoms with Gasteiger partial charge in [-0.3, -0.25) is 4.79 Å². The van der Waals surface area contributed by atoms with E-state index in [-0.39, 0.29) is 23.2 Å². The number of aromatic nitrogens is 1. The van der Waals surface area contributed by atoms with E-state index in [0.29, 0.717) is 37.7 Å². The van der Waals surface area contributed by atoms with Crippen LogP contribution in [0.5, 0.6) is 0 Å². The molecular formula is C27H31F3N4O3. The average molecular weight is 517 g/mol. The molecule has 4 rings (SSSR count). The molecule has 0 bridgehead atoms. The van der Waals surface area contributed by atoms with Crippen molar-refractivity contribution in [3.8, 4) is 11.1 Å². The second-order valence-electron chi connectivity index (χ2n) is 9.15. The number of pyridine rings is 1. The van der Waals surface area contributed by atoms with Crippen LogP contribution in [0.4, 0.5) is 24.5 Å². The molecule has 37 heavy (non-hydrogen) atoms. The summed E-state index contributed by atoms with van der Waals surface area (Å²) in [7, 11) is 3.28. The normalized spacial score (nSPS) is 15.1. The van der Waals surface area contributed by atoms with E-state index < -0.39 is 18.0 Å². The van der Waals surface area contributed by atoms with Crippen molar-refractivity contribution in [1.82, 2.24) is 9.88 Å². The molecule has 2 heterocycles. The lowest BCUT2D eigenvalue weighted by Crippen LogP contribution is -2.40. The molecule has 1 aromatic heterocycles. The van der Waals surface area contributed by atoms with Gasteiger partial charge in [0.2, 0.25) is 0 Å². The zero-order chi connectivity index (χ0) is 26.7. The molecule has 7 nitrogen and oxygen atoms in total. The largest absolute Gasteiger partial charge is 0.416 e. The Kier molecular flexibility index (Phi) is 7.91. The Labute approximate surface area is 213 Å². The minimum absolute atomic E-state index is 0.0615. The van der Waals surface area contributed by atoms with Gasteiger partial charge in [0.1, 0.15) is 5.69 Å². The van der Waals surface area contributed by atoms with Gasteiger partial charge in [0.25, 0.3) is 5.56 Å². The molecule has 0 saturated carbocycles. The van der Waals surface area contributed by atoms with Crippen LogP contribution >= 0.6 is 0 Å². The zero-order valence-electron chi connectivity index (χ0n) is 21.0. The average Bonchev–Trinajstić information content (AvgIpc) is 2.87. The predicted molar refractivity (Wildman–Crippen MR) is 138 cm³/mol. The molecule has 3 N–H and O–H groups in total. The van der Waals surface area contributed by atoms with Crippen LogP contribution in [0.15, 0.2) is 53.5 Å². The lowest BCUT2D eigenvalue weighted by molar-refractivity contribution is -0.138. The maximum Gasteiger partial charge on any atom is 0.416 e. The summed E-state index contributed by atoms with van der Waals surface area (Å²) >= 11 is 0. The van der Waals surface area contributed by atoms with E-state index in [9.17, 15) is 23.1 Å². The molecule has 1 saturated heterocycles. The summed E-state index contributed by atoms with van der Waals surface area (Å²) in [6.45, 7) is 4.35. The van der Waals surface area contributed by atoms with Gasteiger partial charge in [0.05, 0.1) is 18.8 Å². The van der Waals surface area contributed by atoms with Crippen LogP contribution in [0.3, 0.4) is 0 Å². The fraction of sp³-hybridized carbons (Fsp3) is 0.370. The third-order valence-electron chi connectivity index (χ3n) is 6.49. The van der Waals surface area contributed by atoms with Gasteiger partial charge in [0.15, 0.2) is 6.23 Å². The highest BCUT2D eigenvalue weighted by Gasteiger charge is 2.33. The lowest BCUT2D eigenvalue weighted by atomic mass is 10.00. The van der Waals surface area contributed by atoms with Gasteiger partial charge < -0.3 is 29.9 Å². The SMILES string of the molecule is CNCc1ccc(C(O)Nc2ccc(C)c(-c3cc(N4CCOCC4)c(=O)n(C)c3)c2)cc1C(F)(F)F. The standard InChI is InChI=1S/C27H31F3N4O3/c1-17-4-7-21(32-25(35)18-5-6-19(15-31-2)23(12-18)27(28,29)30)14-22(17)20-13-24(26(36)33(3)16-20)34-8-10-37-11-9-34/h4-7,12-14,16,25,31-32,35H,8-11,15H2,1-3H3. The number of benzene rings is 2. The topological polar surface area (TPSA) is 78.8 Å². The Morgan fingerprint density at radius 3 is 2.51 bits per heavy atom. The van der Waals surface area contributed by atoms with Crippen LogP contribution < -0.4 is 21.1 Å². The highest BCUT2D eigenvalue weighted by molar-refractivity contribution is 5.74. The van der Waals surface area contributed by atoms with Crippen molar-refractivity contribution in [3.05, 3.63) is 81.3 Å². The van der Waals surface area contributed by atoms with Crippen molar-refractivity contribution in [1.29, 1.82) is 0 Å². The second-order valence-corrected chi connectivity index (χ2v) is 9.15. The Balaban J connectivity index is 1.64. The number of ether oxygens (including phenoxy) is 1. The Morgan fingerprint density at radius 2 is 1.84 bits per heavy atom. The third-order valence-corrected chi connectivity index (χ3v) is 6.49. The van der Waals surface area contributed by atoms with Crippen LogP contribution in [0.2, 0.25) is 0 Å². The minimum Gasteiger partial charge on any atom is -0.378 e. The Hall–Kier alpha value is -3.34. The molecule has 1 aliphatic heterocycles. The molecule has 1 atom stereocenters. The quantitative estimate of drug-likeness (QED) is 0.412. The predicted octanol–water partition coefficient (Wildman–Crippen LogP) is 4.04. The Bertz CT molecular complexity index is 1320. The summed E-state index contributed by atoms with van der Waals surface area (Å²) in [6.07, 6.45) is -4.14. The van der Waals surface area contributed by atoms with Crippen LogP contribution in [0.1, 0.15) is 28.5 Å². The van der Waals surface area contributed by atoms with Crippen molar-refractivity contribution >= 4 is 11.4 Å². The van der Waals surface area contributed by atoms with E-state index in [1.807, 2.05) is 30.0 Å². The van der Waals surface area contributed by atoms with Crippen molar-refractivity contribution in [2.75, 3.05) is 43.6 Å². The summed E-state index contributed by atoms with van der Waals surface area (Å²) in [4.78, 5) is 14.8. The van der Waals surface area contributed by atoms with Gasteiger partial charge >= 0.3 is 6.18 Å². The van der Waals surface area contributed by atoms with Gasteiger partial charge in [-0.2, -0.15) is 13.2 Å². The van der Waals surface area contributed by atoms with Crippen LogP contribution in [0, 0.1) is 6.92 Å². The molecule has 1 unspecified atom stereocenters. The molecule has 10 heteroatoms. The summed E-state index contributed by atoms with van der Waals surface area (Å²) < 4.78 is 47.7. The van der Waals surface area contributed by atoms with Gasteiger partial charge in [0, 0.05) is 49.7 Å². The third kappa shape index (κ3) is 5.98. The van der Waals surface area contributed by atoms with Crippen LogP contribution in [-0.2, 0) is 24.5 Å². The van der Waals surface area contributed by atoms with E-state index in [0.717, 1.165) is 22.8 Å². The number of hydrogen-bond acceptors (Lipinski definition) is 6. The maximum absolute atomic E-state index is 13.6.